The lowest BCUT2D eigenvalue weighted by Crippen LogP contribution is -2.30. The van der Waals surface area contributed by atoms with Gasteiger partial charge >= 0.3 is 0 Å². The van der Waals surface area contributed by atoms with Crippen molar-refractivity contribution >= 4 is 11.8 Å². The van der Waals surface area contributed by atoms with Crippen molar-refractivity contribution in [3.05, 3.63) is 12.3 Å². The Morgan fingerprint density at radius 1 is 1.33 bits per heavy atom. The summed E-state index contributed by atoms with van der Waals surface area (Å²) in [6, 6.07) is 2.38. The van der Waals surface area contributed by atoms with Crippen LogP contribution in [0.1, 0.15) is 12.8 Å². The van der Waals surface area contributed by atoms with E-state index < -0.39 is 0 Å². The van der Waals surface area contributed by atoms with Crippen LogP contribution in [0.3, 0.4) is 0 Å². The van der Waals surface area contributed by atoms with Gasteiger partial charge in [-0.1, -0.05) is 0 Å². The van der Waals surface area contributed by atoms with Crippen molar-refractivity contribution in [2.24, 2.45) is 17.6 Å². The van der Waals surface area contributed by atoms with Crippen molar-refractivity contribution in [2.45, 2.75) is 18.9 Å². The van der Waals surface area contributed by atoms with Crippen LogP contribution in [0.25, 0.3) is 0 Å². The van der Waals surface area contributed by atoms with Crippen molar-refractivity contribution < 1.29 is 0 Å². The van der Waals surface area contributed by atoms with Gasteiger partial charge in [0.05, 0.1) is 0 Å². The Labute approximate surface area is 108 Å². The third-order valence-corrected chi connectivity index (χ3v) is 4.26. The lowest BCUT2D eigenvalue weighted by molar-refractivity contribution is 0.453. The second-order valence-electron chi connectivity index (χ2n) is 5.68. The molecule has 0 aromatic carbocycles. The van der Waals surface area contributed by atoms with Crippen molar-refractivity contribution in [3.63, 3.8) is 0 Å². The molecule has 3 rings (SSSR count). The number of anilines is 2. The first-order chi connectivity index (χ1) is 8.65. The molecular weight excluding hydrogens is 226 g/mol. The summed E-state index contributed by atoms with van der Waals surface area (Å²) in [6.07, 6.45) is 4.30. The monoisotopic (exact) mass is 247 g/mol. The first kappa shape index (κ1) is 11.7. The molecule has 1 saturated carbocycles. The molecule has 1 aromatic heterocycles. The van der Waals surface area contributed by atoms with E-state index in [1.807, 2.05) is 31.3 Å². The fourth-order valence-electron chi connectivity index (χ4n) is 3.23. The molecule has 3 atom stereocenters. The van der Waals surface area contributed by atoms with E-state index in [0.717, 1.165) is 30.8 Å². The van der Waals surface area contributed by atoms with Gasteiger partial charge in [-0.15, -0.1) is 0 Å². The first-order valence-corrected chi connectivity index (χ1v) is 6.66. The molecule has 3 unspecified atom stereocenters. The van der Waals surface area contributed by atoms with Gasteiger partial charge in [0.25, 0.3) is 0 Å². The maximum Gasteiger partial charge on any atom is 0.226 e. The summed E-state index contributed by atoms with van der Waals surface area (Å²) < 4.78 is 0. The maximum atomic E-state index is 6.17. The molecule has 1 saturated heterocycles. The summed E-state index contributed by atoms with van der Waals surface area (Å²) in [5, 5.41) is 0. The molecule has 18 heavy (non-hydrogen) atoms. The molecule has 1 aromatic rings. The number of aromatic nitrogens is 2. The number of nitrogens with two attached hydrogens (primary N) is 1. The van der Waals surface area contributed by atoms with Gasteiger partial charge in [0.2, 0.25) is 5.95 Å². The zero-order chi connectivity index (χ0) is 12.7. The minimum atomic E-state index is 0.384. The minimum absolute atomic E-state index is 0.384. The summed E-state index contributed by atoms with van der Waals surface area (Å²) in [5.74, 6) is 3.23. The molecule has 98 valence electrons. The van der Waals surface area contributed by atoms with Gasteiger partial charge in [0.1, 0.15) is 5.82 Å². The Kier molecular flexibility index (Phi) is 2.86. The molecule has 2 N–H and O–H groups in total. The molecule has 2 heterocycles. The van der Waals surface area contributed by atoms with Crippen molar-refractivity contribution in [1.29, 1.82) is 0 Å². The third-order valence-electron chi connectivity index (χ3n) is 4.26. The van der Waals surface area contributed by atoms with Gasteiger partial charge in [0, 0.05) is 39.4 Å². The summed E-state index contributed by atoms with van der Waals surface area (Å²) >= 11 is 0. The van der Waals surface area contributed by atoms with E-state index in [1.54, 1.807) is 0 Å². The van der Waals surface area contributed by atoms with Crippen molar-refractivity contribution in [1.82, 2.24) is 9.97 Å². The van der Waals surface area contributed by atoms with Gasteiger partial charge in [-0.05, 0) is 30.7 Å². The summed E-state index contributed by atoms with van der Waals surface area (Å²) in [5.41, 5.74) is 6.17. The average molecular weight is 247 g/mol. The van der Waals surface area contributed by atoms with Crippen molar-refractivity contribution in [3.8, 4) is 0 Å². The highest BCUT2D eigenvalue weighted by Crippen LogP contribution is 2.38. The van der Waals surface area contributed by atoms with Crippen LogP contribution in [0, 0.1) is 11.8 Å². The number of hydrogen-bond acceptors (Lipinski definition) is 5. The Balaban J connectivity index is 1.78. The normalized spacial score (nSPS) is 30.6. The highest BCUT2D eigenvalue weighted by Gasteiger charge is 2.41. The summed E-state index contributed by atoms with van der Waals surface area (Å²) in [6.45, 7) is 2.15. The van der Waals surface area contributed by atoms with Crippen LogP contribution >= 0.6 is 0 Å². The highest BCUT2D eigenvalue weighted by molar-refractivity contribution is 5.44. The fourth-order valence-corrected chi connectivity index (χ4v) is 3.23. The molecular formula is C13H21N5. The zero-order valence-electron chi connectivity index (χ0n) is 11.1. The SMILES string of the molecule is CN(C)c1nccc(N2CC3CCC(N)C3C2)n1. The molecule has 0 radical (unpaired) electrons. The van der Waals surface area contributed by atoms with Crippen LogP contribution in [-0.2, 0) is 0 Å². The van der Waals surface area contributed by atoms with Crippen LogP contribution in [0.2, 0.25) is 0 Å². The average Bonchev–Trinajstić information content (AvgIpc) is 2.92. The third kappa shape index (κ3) is 1.92. The number of hydrogen-bond donors (Lipinski definition) is 1. The second-order valence-corrected chi connectivity index (χ2v) is 5.68. The fraction of sp³-hybridized carbons (Fsp3) is 0.692. The highest BCUT2D eigenvalue weighted by atomic mass is 15.3. The smallest absolute Gasteiger partial charge is 0.226 e. The molecule has 5 heteroatoms. The molecule has 1 aliphatic heterocycles. The molecule has 2 aliphatic rings. The molecule has 0 bridgehead atoms. The number of rotatable bonds is 2. The van der Waals surface area contributed by atoms with Gasteiger partial charge in [-0.25, -0.2) is 4.98 Å². The van der Waals surface area contributed by atoms with E-state index in [4.69, 9.17) is 5.73 Å². The molecule has 2 fully saturated rings. The molecule has 5 nitrogen and oxygen atoms in total. The Hall–Kier alpha value is -1.36. The van der Waals surface area contributed by atoms with Crippen LogP contribution in [0.5, 0.6) is 0 Å². The lowest BCUT2D eigenvalue weighted by atomic mass is 9.98. The quantitative estimate of drug-likeness (QED) is 0.834. The largest absolute Gasteiger partial charge is 0.356 e. The molecule has 0 spiro atoms. The standard InChI is InChI=1S/C13H21N5/c1-17(2)13-15-6-5-12(16-13)18-7-9-3-4-11(14)10(9)8-18/h5-6,9-11H,3-4,7-8,14H2,1-2H3. The first-order valence-electron chi connectivity index (χ1n) is 6.66. The van der Waals surface area contributed by atoms with Crippen LogP contribution in [0.4, 0.5) is 11.8 Å². The molecule has 0 amide bonds. The summed E-state index contributed by atoms with van der Waals surface area (Å²) in [4.78, 5) is 13.2. The topological polar surface area (TPSA) is 58.3 Å². The van der Waals surface area contributed by atoms with Crippen molar-refractivity contribution in [2.75, 3.05) is 37.0 Å². The van der Waals surface area contributed by atoms with E-state index in [9.17, 15) is 0 Å². The Morgan fingerprint density at radius 3 is 2.89 bits per heavy atom. The Bertz CT molecular complexity index is 433. The minimum Gasteiger partial charge on any atom is -0.356 e. The zero-order valence-corrected chi connectivity index (χ0v) is 11.1. The van der Waals surface area contributed by atoms with Gasteiger partial charge in [-0.2, -0.15) is 4.98 Å². The van der Waals surface area contributed by atoms with E-state index in [2.05, 4.69) is 14.9 Å². The predicted octanol–water partition coefficient (Wildman–Crippen LogP) is 0.716. The van der Waals surface area contributed by atoms with E-state index >= 15 is 0 Å². The maximum absolute atomic E-state index is 6.17. The van der Waals surface area contributed by atoms with Crippen LogP contribution < -0.4 is 15.5 Å². The number of fused-ring (bicyclic) bond motifs is 1. The van der Waals surface area contributed by atoms with E-state index in [-0.39, 0.29) is 0 Å². The Morgan fingerprint density at radius 2 is 2.17 bits per heavy atom. The van der Waals surface area contributed by atoms with E-state index in [1.165, 1.54) is 12.8 Å². The van der Waals surface area contributed by atoms with Gasteiger partial charge in [-0.3, -0.25) is 0 Å². The van der Waals surface area contributed by atoms with Crippen LogP contribution in [-0.4, -0.2) is 43.2 Å². The van der Waals surface area contributed by atoms with E-state index in [0.29, 0.717) is 12.0 Å². The molecule has 1 aliphatic carbocycles. The number of nitrogens with zero attached hydrogens (tertiary/aromatic N) is 4. The second kappa shape index (κ2) is 4.39. The lowest BCUT2D eigenvalue weighted by Gasteiger charge is -2.21. The van der Waals surface area contributed by atoms with Gasteiger partial charge in [0.15, 0.2) is 0 Å². The predicted molar refractivity (Wildman–Crippen MR) is 72.8 cm³/mol. The van der Waals surface area contributed by atoms with Gasteiger partial charge < -0.3 is 15.5 Å². The summed E-state index contributed by atoms with van der Waals surface area (Å²) in [7, 11) is 3.93. The van der Waals surface area contributed by atoms with Crippen LogP contribution in [0.15, 0.2) is 12.3 Å².